The van der Waals surface area contributed by atoms with Gasteiger partial charge in [-0.25, -0.2) is 4.79 Å². The molecular weight excluding hydrogens is 282 g/mol. The maximum atomic E-state index is 12.4. The van der Waals surface area contributed by atoms with Crippen LogP contribution in [0.4, 0.5) is 10.5 Å². The number of amides is 1. The fourth-order valence-electron chi connectivity index (χ4n) is 2.44. The number of carbonyl (C=O) groups excluding carboxylic acids is 1. The lowest BCUT2D eigenvalue weighted by Crippen LogP contribution is -2.20. The summed E-state index contributed by atoms with van der Waals surface area (Å²) < 4.78 is 11.9. The molecule has 2 heterocycles. The van der Waals surface area contributed by atoms with Crippen molar-refractivity contribution in [2.24, 2.45) is 0 Å². The van der Waals surface area contributed by atoms with E-state index >= 15 is 0 Å². The van der Waals surface area contributed by atoms with Crippen LogP contribution in [0.2, 0.25) is 0 Å². The van der Waals surface area contributed by atoms with Gasteiger partial charge in [0.05, 0.1) is 11.7 Å². The fraction of sp³-hybridized carbons (Fsp3) is 0.125. The van der Waals surface area contributed by atoms with E-state index in [1.807, 2.05) is 25.1 Å². The van der Waals surface area contributed by atoms with E-state index in [1.54, 1.807) is 24.4 Å². The first-order valence-corrected chi connectivity index (χ1v) is 6.86. The second-order valence-corrected chi connectivity index (χ2v) is 5.12. The second-order valence-electron chi connectivity index (χ2n) is 5.12. The number of nitrogens with one attached hydrogen (secondary N) is 1. The third kappa shape index (κ3) is 2.05. The minimum Gasteiger partial charge on any atom is -0.454 e. The molecule has 3 aromatic rings. The van der Waals surface area contributed by atoms with Crippen molar-refractivity contribution >= 4 is 22.6 Å². The smallest absolute Gasteiger partial charge is 0.347 e. The zero-order valence-corrected chi connectivity index (χ0v) is 11.9. The van der Waals surface area contributed by atoms with Crippen LogP contribution in [0.25, 0.3) is 10.9 Å². The van der Waals surface area contributed by atoms with Gasteiger partial charge in [0.1, 0.15) is 0 Å². The van der Waals surface area contributed by atoms with E-state index in [9.17, 15) is 4.79 Å². The number of hydrogen-bond donors (Lipinski definition) is 1. The number of aromatic nitrogens is 2. The predicted molar refractivity (Wildman–Crippen MR) is 81.5 cm³/mol. The third-order valence-electron chi connectivity index (χ3n) is 3.54. The summed E-state index contributed by atoms with van der Waals surface area (Å²) in [5, 5.41) is 7.89. The van der Waals surface area contributed by atoms with Gasteiger partial charge in [0.15, 0.2) is 11.5 Å². The number of aryl methyl sites for hydroxylation is 1. The summed E-state index contributed by atoms with van der Waals surface area (Å²) in [7, 11) is 0. The normalized spacial score (nSPS) is 12.6. The summed E-state index contributed by atoms with van der Waals surface area (Å²) in [6.45, 7) is 2.18. The summed E-state index contributed by atoms with van der Waals surface area (Å²) >= 11 is 0. The number of fused-ring (bicyclic) bond motifs is 2. The van der Waals surface area contributed by atoms with Gasteiger partial charge in [-0.2, -0.15) is 9.78 Å². The summed E-state index contributed by atoms with van der Waals surface area (Å²) in [6.07, 6.45) is 1.67. The van der Waals surface area contributed by atoms with E-state index in [2.05, 4.69) is 10.4 Å². The largest absolute Gasteiger partial charge is 0.454 e. The maximum Gasteiger partial charge on any atom is 0.347 e. The Hall–Kier alpha value is -3.02. The Balaban J connectivity index is 1.65. The van der Waals surface area contributed by atoms with Crippen molar-refractivity contribution in [1.29, 1.82) is 0 Å². The monoisotopic (exact) mass is 295 g/mol. The maximum absolute atomic E-state index is 12.4. The molecule has 0 saturated carbocycles. The first-order valence-electron chi connectivity index (χ1n) is 6.86. The van der Waals surface area contributed by atoms with Gasteiger partial charge in [-0.1, -0.05) is 12.1 Å². The van der Waals surface area contributed by atoms with Gasteiger partial charge < -0.3 is 14.8 Å². The van der Waals surface area contributed by atoms with Crippen LogP contribution in [0.3, 0.4) is 0 Å². The molecule has 2 aromatic carbocycles. The van der Waals surface area contributed by atoms with E-state index < -0.39 is 0 Å². The van der Waals surface area contributed by atoms with Gasteiger partial charge in [-0.15, -0.1) is 0 Å². The molecule has 0 radical (unpaired) electrons. The highest BCUT2D eigenvalue weighted by molar-refractivity contribution is 5.97. The lowest BCUT2D eigenvalue weighted by Gasteiger charge is -2.07. The highest BCUT2D eigenvalue weighted by atomic mass is 16.7. The molecule has 1 aliphatic heterocycles. The van der Waals surface area contributed by atoms with Crippen molar-refractivity contribution in [2.75, 3.05) is 12.1 Å². The highest BCUT2D eigenvalue weighted by Gasteiger charge is 2.15. The van der Waals surface area contributed by atoms with E-state index in [0.29, 0.717) is 17.2 Å². The lowest BCUT2D eigenvalue weighted by molar-refractivity contribution is 0.174. The Kier molecular flexibility index (Phi) is 2.75. The Bertz CT molecular complexity index is 885. The molecule has 1 aromatic heterocycles. The number of nitrogens with zero attached hydrogens (tertiary/aromatic N) is 2. The van der Waals surface area contributed by atoms with Crippen molar-refractivity contribution < 1.29 is 14.3 Å². The van der Waals surface area contributed by atoms with E-state index in [1.165, 1.54) is 4.68 Å². The number of carbonyl (C=O) groups is 1. The van der Waals surface area contributed by atoms with E-state index in [4.69, 9.17) is 9.47 Å². The average molecular weight is 295 g/mol. The van der Waals surface area contributed by atoms with Crippen LogP contribution in [-0.4, -0.2) is 22.6 Å². The third-order valence-corrected chi connectivity index (χ3v) is 3.54. The molecule has 22 heavy (non-hydrogen) atoms. The quantitative estimate of drug-likeness (QED) is 0.749. The summed E-state index contributed by atoms with van der Waals surface area (Å²) in [4.78, 5) is 12.4. The fourth-order valence-corrected chi connectivity index (χ4v) is 2.44. The Morgan fingerprint density at radius 3 is 2.95 bits per heavy atom. The molecule has 4 rings (SSSR count). The summed E-state index contributed by atoms with van der Waals surface area (Å²) in [5.74, 6) is 1.30. The van der Waals surface area contributed by atoms with Crippen molar-refractivity contribution in [3.05, 3.63) is 48.2 Å². The van der Waals surface area contributed by atoms with Crippen molar-refractivity contribution in [3.8, 4) is 11.5 Å². The van der Waals surface area contributed by atoms with Crippen LogP contribution in [-0.2, 0) is 0 Å². The molecule has 1 amide bonds. The molecule has 0 bridgehead atoms. The molecule has 0 fully saturated rings. The minimum atomic E-state index is -0.320. The summed E-state index contributed by atoms with van der Waals surface area (Å²) in [5.41, 5.74) is 2.48. The van der Waals surface area contributed by atoms with Crippen LogP contribution in [0.1, 0.15) is 5.56 Å². The van der Waals surface area contributed by atoms with Crippen LogP contribution >= 0.6 is 0 Å². The number of benzene rings is 2. The molecule has 0 unspecified atom stereocenters. The number of rotatable bonds is 1. The van der Waals surface area contributed by atoms with Crippen LogP contribution in [0.5, 0.6) is 11.5 Å². The van der Waals surface area contributed by atoms with Gasteiger partial charge in [0.25, 0.3) is 0 Å². The number of anilines is 1. The molecule has 0 saturated heterocycles. The topological polar surface area (TPSA) is 65.4 Å². The van der Waals surface area contributed by atoms with Crippen molar-refractivity contribution in [3.63, 3.8) is 0 Å². The molecule has 0 aliphatic carbocycles. The highest BCUT2D eigenvalue weighted by Crippen LogP contribution is 2.34. The Morgan fingerprint density at radius 2 is 2.05 bits per heavy atom. The number of hydrogen-bond acceptors (Lipinski definition) is 4. The molecule has 6 heteroatoms. The Labute approximate surface area is 126 Å². The predicted octanol–water partition coefficient (Wildman–Crippen LogP) is 3.15. The molecule has 6 nitrogen and oxygen atoms in total. The number of ether oxygens (including phenoxy) is 2. The zero-order chi connectivity index (χ0) is 15.1. The van der Waals surface area contributed by atoms with Gasteiger partial charge in [0.2, 0.25) is 6.79 Å². The van der Waals surface area contributed by atoms with E-state index in [-0.39, 0.29) is 12.8 Å². The first kappa shape index (κ1) is 12.7. The molecule has 0 spiro atoms. The van der Waals surface area contributed by atoms with Gasteiger partial charge in [-0.3, -0.25) is 0 Å². The Morgan fingerprint density at radius 1 is 1.18 bits per heavy atom. The second kappa shape index (κ2) is 4.77. The molecule has 1 N–H and O–H groups in total. The molecule has 0 atom stereocenters. The van der Waals surface area contributed by atoms with E-state index in [0.717, 1.165) is 16.5 Å². The molecule has 1 aliphatic rings. The first-order chi connectivity index (χ1) is 10.7. The van der Waals surface area contributed by atoms with Crippen LogP contribution < -0.4 is 14.8 Å². The SMILES string of the molecule is Cc1ccc2cnn(C(=O)Nc3ccc4c(c3)OCO4)c2c1. The zero-order valence-electron chi connectivity index (χ0n) is 11.9. The van der Waals surface area contributed by atoms with Crippen molar-refractivity contribution in [2.45, 2.75) is 6.92 Å². The minimum absolute atomic E-state index is 0.204. The average Bonchev–Trinajstić information content (AvgIpc) is 3.12. The summed E-state index contributed by atoms with van der Waals surface area (Å²) in [6, 6.07) is 10.8. The van der Waals surface area contributed by atoms with Gasteiger partial charge in [-0.05, 0) is 30.7 Å². The van der Waals surface area contributed by atoms with Crippen molar-refractivity contribution in [1.82, 2.24) is 9.78 Å². The van der Waals surface area contributed by atoms with Gasteiger partial charge >= 0.3 is 6.03 Å². The van der Waals surface area contributed by atoms with Crippen LogP contribution in [0.15, 0.2) is 42.6 Å². The molecule has 110 valence electrons. The van der Waals surface area contributed by atoms with Crippen LogP contribution in [0, 0.1) is 6.92 Å². The molecular formula is C16H13N3O3. The van der Waals surface area contributed by atoms with Gasteiger partial charge in [0, 0.05) is 17.1 Å². The standard InChI is InChI=1S/C16H13N3O3/c1-10-2-3-11-8-17-19(13(11)6-10)16(20)18-12-4-5-14-15(7-12)22-9-21-14/h2-8H,9H2,1H3,(H,18,20). The lowest BCUT2D eigenvalue weighted by atomic mass is 10.2.